The predicted octanol–water partition coefficient (Wildman–Crippen LogP) is -1.09. The zero-order chi connectivity index (χ0) is 10.1. The second-order valence-corrected chi connectivity index (χ2v) is 4.41. The van der Waals surface area contributed by atoms with Gasteiger partial charge in [0.2, 0.25) is 0 Å². The van der Waals surface area contributed by atoms with Crippen molar-refractivity contribution in [3.05, 3.63) is 37.4 Å². The van der Waals surface area contributed by atoms with Crippen molar-refractivity contribution in [1.29, 1.82) is 0 Å². The van der Waals surface area contributed by atoms with Crippen molar-refractivity contribution >= 4 is 11.2 Å². The lowest BCUT2D eigenvalue weighted by atomic mass is 10.9. The number of aromatic nitrogens is 4. The van der Waals surface area contributed by atoms with Crippen LogP contribution in [-0.4, -0.2) is 12.2 Å². The molecule has 2 heterocycles. The monoisotopic (exact) mass is 212 g/mol. The molecule has 0 aromatic carbocycles. The van der Waals surface area contributed by atoms with Gasteiger partial charge in [0.15, 0.2) is 0 Å². The molecular weight excluding hydrogens is 200 g/mol. The summed E-state index contributed by atoms with van der Waals surface area (Å²) in [5.74, 6) is 0. The maximum Gasteiger partial charge on any atom is 0.410 e. The summed E-state index contributed by atoms with van der Waals surface area (Å²) in [5.41, 5.74) is 0. The van der Waals surface area contributed by atoms with E-state index in [2.05, 4.69) is 0 Å². The molecule has 0 spiro atoms. The molecule has 0 aliphatic heterocycles. The highest BCUT2D eigenvalue weighted by Crippen LogP contribution is 1.93. The first-order valence-electron chi connectivity index (χ1n) is 4.16. The molecule has 6 heteroatoms. The number of nitrogens with zero attached hydrogens (tertiary/aromatic N) is 4. The van der Waals surface area contributed by atoms with Gasteiger partial charge in [-0.2, -0.15) is 4.21 Å². The lowest BCUT2D eigenvalue weighted by Crippen LogP contribution is -2.26. The predicted molar refractivity (Wildman–Crippen MR) is 50.2 cm³/mol. The van der Waals surface area contributed by atoms with Gasteiger partial charge in [0.1, 0.15) is 24.8 Å². The standard InChI is InChI=1S/C8H12N4OS/c1-9-3-5-11(7-9)14(13)12-6-4-10(2)8-12/h3-8H,1-2H3/q+2. The van der Waals surface area contributed by atoms with Crippen LogP contribution >= 0.6 is 0 Å². The molecule has 2 aromatic heterocycles. The Bertz CT molecular complexity index is 431. The fourth-order valence-corrected chi connectivity index (χ4v) is 2.14. The van der Waals surface area contributed by atoms with Crippen molar-refractivity contribution in [3.63, 3.8) is 0 Å². The molecule has 2 aromatic rings. The fourth-order valence-electron chi connectivity index (χ4n) is 1.15. The van der Waals surface area contributed by atoms with Crippen LogP contribution in [0.1, 0.15) is 0 Å². The van der Waals surface area contributed by atoms with Gasteiger partial charge >= 0.3 is 11.2 Å². The molecule has 0 unspecified atom stereocenters. The quantitative estimate of drug-likeness (QED) is 0.583. The highest BCUT2D eigenvalue weighted by molar-refractivity contribution is 7.81. The molecule has 0 aliphatic rings. The Morgan fingerprint density at radius 2 is 1.43 bits per heavy atom. The molecule has 2 rings (SSSR count). The third-order valence-electron chi connectivity index (χ3n) is 1.85. The van der Waals surface area contributed by atoms with E-state index < -0.39 is 11.2 Å². The summed E-state index contributed by atoms with van der Waals surface area (Å²) in [7, 11) is 3.78. The van der Waals surface area contributed by atoms with Gasteiger partial charge in [-0.15, -0.1) is 7.94 Å². The molecule has 0 aliphatic carbocycles. The minimum absolute atomic E-state index is 1.21. The molecule has 0 amide bonds. The zero-order valence-electron chi connectivity index (χ0n) is 8.07. The first-order chi connectivity index (χ1) is 6.66. The van der Waals surface area contributed by atoms with Crippen LogP contribution in [0.15, 0.2) is 37.4 Å². The second-order valence-electron chi connectivity index (χ2n) is 3.11. The van der Waals surface area contributed by atoms with E-state index in [9.17, 15) is 4.21 Å². The van der Waals surface area contributed by atoms with Crippen molar-refractivity contribution in [2.45, 2.75) is 0 Å². The minimum Gasteiger partial charge on any atom is -0.238 e. The Hall–Kier alpha value is -1.43. The summed E-state index contributed by atoms with van der Waals surface area (Å²) in [4.78, 5) is 0. The van der Waals surface area contributed by atoms with E-state index in [1.807, 2.05) is 35.6 Å². The van der Waals surface area contributed by atoms with Crippen molar-refractivity contribution in [1.82, 2.24) is 7.94 Å². The first kappa shape index (κ1) is 9.14. The van der Waals surface area contributed by atoms with Gasteiger partial charge < -0.3 is 0 Å². The number of rotatable bonds is 2. The largest absolute Gasteiger partial charge is 0.410 e. The van der Waals surface area contributed by atoms with Crippen LogP contribution in [0.25, 0.3) is 0 Å². The molecule has 14 heavy (non-hydrogen) atoms. The van der Waals surface area contributed by atoms with E-state index >= 15 is 0 Å². The van der Waals surface area contributed by atoms with Crippen LogP contribution in [0, 0.1) is 0 Å². The van der Waals surface area contributed by atoms with Gasteiger partial charge in [0.25, 0.3) is 12.7 Å². The lowest BCUT2D eigenvalue weighted by Gasteiger charge is -1.87. The lowest BCUT2D eigenvalue weighted by molar-refractivity contribution is -0.670. The topological polar surface area (TPSA) is 34.7 Å². The van der Waals surface area contributed by atoms with E-state index in [4.69, 9.17) is 0 Å². The minimum atomic E-state index is -1.21. The average molecular weight is 212 g/mol. The summed E-state index contributed by atoms with van der Waals surface area (Å²) in [5, 5.41) is 0. The second kappa shape index (κ2) is 3.38. The summed E-state index contributed by atoms with van der Waals surface area (Å²) >= 11 is -1.21. The third kappa shape index (κ3) is 1.60. The molecule has 0 N–H and O–H groups in total. The van der Waals surface area contributed by atoms with E-state index in [0.29, 0.717) is 0 Å². The van der Waals surface area contributed by atoms with Crippen molar-refractivity contribution in [2.24, 2.45) is 14.1 Å². The summed E-state index contributed by atoms with van der Waals surface area (Å²) in [6, 6.07) is 0. The fraction of sp³-hybridized carbons (Fsp3) is 0.250. The van der Waals surface area contributed by atoms with Gasteiger partial charge in [-0.25, -0.2) is 9.13 Å². The van der Waals surface area contributed by atoms with Gasteiger partial charge in [0, 0.05) is 0 Å². The Morgan fingerprint density at radius 3 is 1.71 bits per heavy atom. The zero-order valence-corrected chi connectivity index (χ0v) is 8.89. The maximum absolute atomic E-state index is 11.9. The molecule has 0 saturated carbocycles. The Kier molecular flexibility index (Phi) is 2.20. The number of aryl methyl sites for hydroxylation is 2. The third-order valence-corrected chi connectivity index (χ3v) is 3.00. The van der Waals surface area contributed by atoms with E-state index in [0.717, 1.165) is 0 Å². The molecule has 0 radical (unpaired) electrons. The van der Waals surface area contributed by atoms with Crippen LogP contribution in [0.4, 0.5) is 0 Å². The molecule has 0 saturated heterocycles. The first-order valence-corrected chi connectivity index (χ1v) is 5.22. The van der Waals surface area contributed by atoms with Gasteiger partial charge in [-0.3, -0.25) is 0 Å². The smallest absolute Gasteiger partial charge is 0.238 e. The maximum atomic E-state index is 11.9. The number of hydrogen-bond donors (Lipinski definition) is 0. The average Bonchev–Trinajstić information content (AvgIpc) is 2.73. The van der Waals surface area contributed by atoms with Crippen LogP contribution in [0.5, 0.6) is 0 Å². The Morgan fingerprint density at radius 1 is 1.00 bits per heavy atom. The van der Waals surface area contributed by atoms with Crippen LogP contribution in [0.3, 0.4) is 0 Å². The summed E-state index contributed by atoms with van der Waals surface area (Å²) in [6.45, 7) is 0. The molecule has 0 atom stereocenters. The summed E-state index contributed by atoms with van der Waals surface area (Å²) in [6.07, 6.45) is 10.8. The number of imidazole rings is 2. The number of hydrogen-bond acceptors (Lipinski definition) is 1. The van der Waals surface area contributed by atoms with Crippen LogP contribution in [-0.2, 0) is 25.3 Å². The van der Waals surface area contributed by atoms with E-state index in [-0.39, 0.29) is 0 Å². The normalized spacial score (nSPS) is 11.1. The van der Waals surface area contributed by atoms with E-state index in [1.165, 1.54) is 0 Å². The molecule has 0 bridgehead atoms. The van der Waals surface area contributed by atoms with E-state index in [1.54, 1.807) is 33.0 Å². The van der Waals surface area contributed by atoms with Gasteiger partial charge in [0.05, 0.1) is 14.1 Å². The molecule has 0 fully saturated rings. The highest BCUT2D eigenvalue weighted by Gasteiger charge is 2.17. The van der Waals surface area contributed by atoms with Crippen LogP contribution < -0.4 is 9.13 Å². The Balaban J connectivity index is 2.33. The highest BCUT2D eigenvalue weighted by atomic mass is 32.2. The van der Waals surface area contributed by atoms with Crippen LogP contribution in [0.2, 0.25) is 0 Å². The van der Waals surface area contributed by atoms with Gasteiger partial charge in [-0.05, 0) is 0 Å². The summed E-state index contributed by atoms with van der Waals surface area (Å²) < 4.78 is 18.9. The van der Waals surface area contributed by atoms with Crippen molar-refractivity contribution in [2.75, 3.05) is 0 Å². The van der Waals surface area contributed by atoms with Crippen molar-refractivity contribution in [3.8, 4) is 0 Å². The molecule has 5 nitrogen and oxygen atoms in total. The Labute approximate surface area is 84.6 Å². The van der Waals surface area contributed by atoms with Crippen molar-refractivity contribution < 1.29 is 13.3 Å². The van der Waals surface area contributed by atoms with Gasteiger partial charge in [-0.1, -0.05) is 0 Å². The molecular formula is C8H12N4OS+2. The SMILES string of the molecule is C[n+]1ccn(S(=O)n2cc[n+](C)c2)c1. The molecule has 74 valence electrons.